The van der Waals surface area contributed by atoms with E-state index in [0.29, 0.717) is 22.8 Å². The molecule has 3 aromatic carbocycles. The molecule has 0 unspecified atom stereocenters. The van der Waals surface area contributed by atoms with Crippen LogP contribution in [0, 0.1) is 0 Å². The Balaban J connectivity index is 1.52. The third-order valence-corrected chi connectivity index (χ3v) is 5.84. The predicted octanol–water partition coefficient (Wildman–Crippen LogP) is 4.95. The van der Waals surface area contributed by atoms with Gasteiger partial charge in [-0.1, -0.05) is 29.8 Å². The normalized spacial score (nSPS) is 13.1. The average molecular weight is 534 g/mol. The van der Waals surface area contributed by atoms with E-state index in [1.807, 2.05) is 0 Å². The van der Waals surface area contributed by atoms with Gasteiger partial charge in [-0.3, -0.25) is 14.4 Å². The number of hydrogen-bond donors (Lipinski definition) is 2. The highest BCUT2D eigenvalue weighted by atomic mass is 35.5. The van der Waals surface area contributed by atoms with Gasteiger partial charge in [0, 0.05) is 11.3 Å². The number of nitrogens with one attached hydrogen (secondary N) is 2. The largest absolute Gasteiger partial charge is 0.497 e. The van der Waals surface area contributed by atoms with Gasteiger partial charge in [-0.2, -0.15) is 0 Å². The summed E-state index contributed by atoms with van der Waals surface area (Å²) in [6, 6.07) is 19.2. The van der Waals surface area contributed by atoms with E-state index in [9.17, 15) is 19.2 Å². The Kier molecular flexibility index (Phi) is 7.78. The van der Waals surface area contributed by atoms with Gasteiger partial charge in [0.05, 0.1) is 30.2 Å². The van der Waals surface area contributed by atoms with Crippen LogP contribution in [0.4, 0.5) is 17.1 Å². The summed E-state index contributed by atoms with van der Waals surface area (Å²) in [5.74, 6) is -1.80. The highest BCUT2D eigenvalue weighted by molar-refractivity contribution is 6.53. The van der Waals surface area contributed by atoms with Crippen molar-refractivity contribution in [3.63, 3.8) is 0 Å². The number of esters is 1. The molecule has 9 nitrogen and oxygen atoms in total. The summed E-state index contributed by atoms with van der Waals surface area (Å²) >= 11 is 6.23. The summed E-state index contributed by atoms with van der Waals surface area (Å²) in [5, 5.41) is 5.30. The Morgan fingerprint density at radius 1 is 0.921 bits per heavy atom. The second-order valence-electron chi connectivity index (χ2n) is 8.49. The number of nitrogens with zero attached hydrogens (tertiary/aromatic N) is 1. The smallest absolute Gasteiger partial charge is 0.340 e. The third kappa shape index (κ3) is 5.52. The predicted molar refractivity (Wildman–Crippen MR) is 143 cm³/mol. The average Bonchev–Trinajstić information content (AvgIpc) is 3.11. The molecule has 0 aliphatic carbocycles. The lowest BCUT2D eigenvalue weighted by Crippen LogP contribution is -2.32. The molecular formula is C28H24ClN3O6. The van der Waals surface area contributed by atoms with Gasteiger partial charge >= 0.3 is 5.97 Å². The van der Waals surface area contributed by atoms with Crippen molar-refractivity contribution in [3.05, 3.63) is 94.7 Å². The molecule has 1 aliphatic rings. The highest BCUT2D eigenvalue weighted by Crippen LogP contribution is 2.31. The van der Waals surface area contributed by atoms with Crippen LogP contribution in [-0.2, 0) is 14.3 Å². The van der Waals surface area contributed by atoms with Crippen molar-refractivity contribution in [3.8, 4) is 5.75 Å². The van der Waals surface area contributed by atoms with E-state index in [1.54, 1.807) is 80.6 Å². The van der Waals surface area contributed by atoms with Crippen molar-refractivity contribution < 1.29 is 28.7 Å². The quantitative estimate of drug-likeness (QED) is 0.311. The zero-order valence-corrected chi connectivity index (χ0v) is 21.5. The fourth-order valence-corrected chi connectivity index (χ4v) is 3.91. The Hall–Kier alpha value is -4.63. The standard InChI is InChI=1S/C28H24ClN3O6/c1-16(2)38-28(36)21-9-4-5-10-22(21)31-25(33)17-7-6-8-18(15-17)30-24-23(29)26(34)32(27(24)35)19-11-13-20(37-3)14-12-19/h4-16,30H,1-3H3,(H,31,33). The summed E-state index contributed by atoms with van der Waals surface area (Å²) < 4.78 is 10.4. The van der Waals surface area contributed by atoms with Gasteiger partial charge in [0.15, 0.2) is 0 Å². The van der Waals surface area contributed by atoms with E-state index in [4.69, 9.17) is 21.1 Å². The Morgan fingerprint density at radius 3 is 2.32 bits per heavy atom. The van der Waals surface area contributed by atoms with Crippen LogP contribution >= 0.6 is 11.6 Å². The molecule has 194 valence electrons. The minimum atomic E-state index is -0.678. The molecule has 38 heavy (non-hydrogen) atoms. The summed E-state index contributed by atoms with van der Waals surface area (Å²) in [7, 11) is 1.51. The molecule has 0 spiro atoms. The third-order valence-electron chi connectivity index (χ3n) is 5.49. The SMILES string of the molecule is COc1ccc(N2C(=O)C(Cl)=C(Nc3cccc(C(=O)Nc4ccccc4C(=O)OC(C)C)c3)C2=O)cc1. The van der Waals surface area contributed by atoms with Crippen molar-refractivity contribution in [2.75, 3.05) is 22.6 Å². The van der Waals surface area contributed by atoms with Crippen LogP contribution in [0.5, 0.6) is 5.75 Å². The lowest BCUT2D eigenvalue weighted by molar-refractivity contribution is -0.120. The molecule has 3 aromatic rings. The first-order valence-electron chi connectivity index (χ1n) is 11.6. The van der Waals surface area contributed by atoms with Crippen molar-refractivity contribution in [1.29, 1.82) is 0 Å². The Morgan fingerprint density at radius 2 is 1.63 bits per heavy atom. The zero-order chi connectivity index (χ0) is 27.4. The molecular weight excluding hydrogens is 510 g/mol. The van der Waals surface area contributed by atoms with Crippen LogP contribution < -0.4 is 20.3 Å². The van der Waals surface area contributed by atoms with Gasteiger partial charge in [-0.15, -0.1) is 0 Å². The molecule has 0 fully saturated rings. The number of amides is 3. The van der Waals surface area contributed by atoms with Gasteiger partial charge in [-0.25, -0.2) is 9.69 Å². The number of ether oxygens (including phenoxy) is 2. The van der Waals surface area contributed by atoms with E-state index >= 15 is 0 Å². The van der Waals surface area contributed by atoms with Crippen molar-refractivity contribution >= 4 is 52.4 Å². The van der Waals surface area contributed by atoms with Crippen molar-refractivity contribution in [2.24, 2.45) is 0 Å². The van der Waals surface area contributed by atoms with E-state index in [1.165, 1.54) is 13.2 Å². The highest BCUT2D eigenvalue weighted by Gasteiger charge is 2.39. The molecule has 0 saturated heterocycles. The van der Waals surface area contributed by atoms with E-state index in [-0.39, 0.29) is 28.0 Å². The lowest BCUT2D eigenvalue weighted by atomic mass is 10.1. The van der Waals surface area contributed by atoms with Crippen LogP contribution in [0.1, 0.15) is 34.6 Å². The maximum Gasteiger partial charge on any atom is 0.340 e. The maximum absolute atomic E-state index is 13.1. The maximum atomic E-state index is 13.1. The molecule has 4 rings (SSSR count). The first-order valence-corrected chi connectivity index (χ1v) is 12.0. The second-order valence-corrected chi connectivity index (χ2v) is 8.87. The molecule has 3 amide bonds. The van der Waals surface area contributed by atoms with Gasteiger partial charge in [-0.05, 0) is 68.4 Å². The molecule has 0 radical (unpaired) electrons. The molecule has 0 aromatic heterocycles. The fraction of sp³-hybridized carbons (Fsp3) is 0.143. The molecule has 0 atom stereocenters. The van der Waals surface area contributed by atoms with Crippen molar-refractivity contribution in [1.82, 2.24) is 0 Å². The van der Waals surface area contributed by atoms with Gasteiger partial charge in [0.2, 0.25) is 0 Å². The monoisotopic (exact) mass is 533 g/mol. The number of rotatable bonds is 8. The number of carbonyl (C=O) groups excluding carboxylic acids is 4. The zero-order valence-electron chi connectivity index (χ0n) is 20.8. The number of halogens is 1. The van der Waals surface area contributed by atoms with E-state index in [0.717, 1.165) is 4.90 Å². The molecule has 10 heteroatoms. The fourth-order valence-electron chi connectivity index (χ4n) is 3.70. The number of imide groups is 1. The molecule has 2 N–H and O–H groups in total. The number of para-hydroxylation sites is 1. The number of methoxy groups -OCH3 is 1. The first-order chi connectivity index (χ1) is 18.2. The van der Waals surface area contributed by atoms with Gasteiger partial charge in [0.25, 0.3) is 17.7 Å². The van der Waals surface area contributed by atoms with E-state index < -0.39 is 23.7 Å². The van der Waals surface area contributed by atoms with Crippen molar-refractivity contribution in [2.45, 2.75) is 20.0 Å². The van der Waals surface area contributed by atoms with Gasteiger partial charge in [0.1, 0.15) is 16.5 Å². The molecule has 0 saturated carbocycles. The van der Waals surface area contributed by atoms with Crippen LogP contribution in [0.3, 0.4) is 0 Å². The summed E-state index contributed by atoms with van der Waals surface area (Å²) in [5.41, 5.74) is 1.32. The molecule has 1 heterocycles. The van der Waals surface area contributed by atoms with E-state index in [2.05, 4.69) is 10.6 Å². The Bertz CT molecular complexity index is 1450. The summed E-state index contributed by atoms with van der Waals surface area (Å²) in [6.45, 7) is 3.47. The minimum absolute atomic E-state index is 0.119. The summed E-state index contributed by atoms with van der Waals surface area (Å²) in [4.78, 5) is 52.2. The second kappa shape index (κ2) is 11.2. The first kappa shape index (κ1) is 26.4. The molecule has 0 bridgehead atoms. The Labute approximate surface area is 224 Å². The van der Waals surface area contributed by atoms with Crippen LogP contribution in [0.25, 0.3) is 0 Å². The minimum Gasteiger partial charge on any atom is -0.497 e. The number of benzene rings is 3. The molecule has 1 aliphatic heterocycles. The summed E-state index contributed by atoms with van der Waals surface area (Å²) in [6.07, 6.45) is -0.319. The number of hydrogen-bond acceptors (Lipinski definition) is 7. The van der Waals surface area contributed by atoms with Gasteiger partial charge < -0.3 is 20.1 Å². The van der Waals surface area contributed by atoms with Crippen LogP contribution in [0.2, 0.25) is 0 Å². The topological polar surface area (TPSA) is 114 Å². The number of anilines is 3. The number of carbonyl (C=O) groups is 4. The lowest BCUT2D eigenvalue weighted by Gasteiger charge is -2.15. The van der Waals surface area contributed by atoms with Crippen LogP contribution in [-0.4, -0.2) is 36.9 Å². The van der Waals surface area contributed by atoms with Crippen LogP contribution in [0.15, 0.2) is 83.5 Å².